The van der Waals surface area contributed by atoms with Gasteiger partial charge < -0.3 is 10.4 Å². The van der Waals surface area contributed by atoms with Crippen LogP contribution in [0.1, 0.15) is 12.5 Å². The quantitative estimate of drug-likeness (QED) is 0.699. The Bertz CT molecular complexity index is 847. The number of aliphatic carboxylic acids is 1. The number of carboxylic acids is 1. The third-order valence-corrected chi connectivity index (χ3v) is 5.67. The number of amides is 2. The average molecular weight is 362 g/mol. The molecule has 3 atom stereocenters. The average Bonchev–Trinajstić information content (AvgIpc) is 2.58. The van der Waals surface area contributed by atoms with Gasteiger partial charge in [0.25, 0.3) is 5.91 Å². The third-order valence-electron chi connectivity index (χ3n) is 4.07. The number of nitrogens with zero attached hydrogens (tertiary/aromatic N) is 1. The summed E-state index contributed by atoms with van der Waals surface area (Å²) >= 11 is 0. The molecule has 0 radical (unpaired) electrons. The number of carbonyl (C=O) groups is 4. The van der Waals surface area contributed by atoms with E-state index in [1.807, 2.05) is 0 Å². The van der Waals surface area contributed by atoms with Crippen LogP contribution in [0.15, 0.2) is 41.6 Å². The van der Waals surface area contributed by atoms with Crippen LogP contribution in [0.2, 0.25) is 0 Å². The first-order chi connectivity index (χ1) is 11.8. The predicted molar refractivity (Wildman–Crippen MR) is 86.2 cm³/mol. The van der Waals surface area contributed by atoms with Crippen LogP contribution in [0.3, 0.4) is 0 Å². The lowest BCUT2D eigenvalue weighted by Crippen LogP contribution is -2.74. The van der Waals surface area contributed by atoms with Crippen molar-refractivity contribution in [2.75, 3.05) is 0 Å². The molecule has 2 amide bonds. The zero-order valence-electron chi connectivity index (χ0n) is 13.1. The lowest BCUT2D eigenvalue weighted by molar-refractivity contribution is -0.151. The van der Waals surface area contributed by atoms with Gasteiger partial charge in [0.05, 0.1) is 6.42 Å². The lowest BCUT2D eigenvalue weighted by atomic mass is 10.0. The van der Waals surface area contributed by atoms with Gasteiger partial charge in [-0.25, -0.2) is 9.00 Å². The second-order valence-electron chi connectivity index (χ2n) is 5.67. The summed E-state index contributed by atoms with van der Waals surface area (Å²) in [4.78, 5) is 48.5. The van der Waals surface area contributed by atoms with Crippen molar-refractivity contribution in [2.45, 2.75) is 24.8 Å². The zero-order chi connectivity index (χ0) is 18.3. The van der Waals surface area contributed by atoms with Crippen LogP contribution in [0.4, 0.5) is 0 Å². The van der Waals surface area contributed by atoms with Crippen molar-refractivity contribution >= 4 is 33.7 Å². The number of benzene rings is 1. The van der Waals surface area contributed by atoms with Crippen molar-refractivity contribution in [2.24, 2.45) is 0 Å². The molecule has 0 aromatic heterocycles. The Morgan fingerprint density at radius 3 is 2.48 bits per heavy atom. The molecular formula is C16H14N2O6S. The molecule has 25 heavy (non-hydrogen) atoms. The standard InChI is InChI=1S/C16H14N2O6S/c1-8-12(15(21)22)18-13(20)11(14(18)25(24)16(8)23)17-10(19)7-9-5-3-2-4-6-9/h2-6,11,14H,7H2,1H3,(H,17,19)(H,21,22)/t11?,14-,25?/m0/s1. The highest BCUT2D eigenvalue weighted by atomic mass is 32.2. The number of fused-ring (bicyclic) bond motifs is 1. The Balaban J connectivity index is 1.79. The van der Waals surface area contributed by atoms with Gasteiger partial charge in [-0.3, -0.25) is 19.3 Å². The molecule has 2 aliphatic rings. The predicted octanol–water partition coefficient (Wildman–Crippen LogP) is -0.470. The highest BCUT2D eigenvalue weighted by molar-refractivity contribution is 8.01. The molecule has 2 unspecified atom stereocenters. The Kier molecular flexibility index (Phi) is 4.25. The molecule has 2 heterocycles. The van der Waals surface area contributed by atoms with Crippen LogP contribution in [0.5, 0.6) is 0 Å². The third kappa shape index (κ3) is 2.76. The van der Waals surface area contributed by atoms with Gasteiger partial charge in [0.1, 0.15) is 27.9 Å². The van der Waals surface area contributed by atoms with E-state index in [1.165, 1.54) is 6.92 Å². The molecule has 1 saturated heterocycles. The molecule has 8 nitrogen and oxygen atoms in total. The molecule has 0 bridgehead atoms. The fourth-order valence-electron chi connectivity index (χ4n) is 2.86. The first kappa shape index (κ1) is 17.0. The number of nitrogens with one attached hydrogen (secondary N) is 1. The number of hydrogen-bond donors (Lipinski definition) is 2. The second-order valence-corrected chi connectivity index (χ2v) is 7.12. The van der Waals surface area contributed by atoms with E-state index in [4.69, 9.17) is 0 Å². The van der Waals surface area contributed by atoms with Crippen molar-refractivity contribution in [3.63, 3.8) is 0 Å². The molecule has 0 saturated carbocycles. The molecule has 3 rings (SSSR count). The van der Waals surface area contributed by atoms with E-state index in [2.05, 4.69) is 5.32 Å². The normalized spacial score (nSPS) is 25.3. The van der Waals surface area contributed by atoms with Crippen LogP contribution < -0.4 is 5.32 Å². The van der Waals surface area contributed by atoms with Crippen molar-refractivity contribution in [3.8, 4) is 0 Å². The number of β-lactam (4-membered cyclic amide) rings is 1. The van der Waals surface area contributed by atoms with Gasteiger partial charge in [-0.15, -0.1) is 0 Å². The molecule has 1 fully saturated rings. The SMILES string of the molecule is CC1=C(C(=O)O)N2C(=O)C(NC(=O)Cc3ccccc3)[C@@H]2S(=O)C1=O. The Morgan fingerprint density at radius 1 is 1.24 bits per heavy atom. The summed E-state index contributed by atoms with van der Waals surface area (Å²) in [5.74, 6) is -2.62. The van der Waals surface area contributed by atoms with E-state index in [0.29, 0.717) is 0 Å². The molecule has 0 aliphatic carbocycles. The molecule has 1 aromatic rings. The summed E-state index contributed by atoms with van der Waals surface area (Å²) in [5.41, 5.74) is 0.0177. The molecule has 2 N–H and O–H groups in total. The highest BCUT2D eigenvalue weighted by Crippen LogP contribution is 2.35. The largest absolute Gasteiger partial charge is 0.477 e. The van der Waals surface area contributed by atoms with E-state index in [-0.39, 0.29) is 12.0 Å². The number of carbonyl (C=O) groups excluding carboxylic acids is 3. The fourth-order valence-corrected chi connectivity index (χ4v) is 4.31. The maximum Gasteiger partial charge on any atom is 0.353 e. The molecule has 2 aliphatic heterocycles. The van der Waals surface area contributed by atoms with Crippen LogP contribution in [-0.4, -0.2) is 48.5 Å². The first-order valence-electron chi connectivity index (χ1n) is 7.38. The van der Waals surface area contributed by atoms with Crippen molar-refractivity contribution in [1.29, 1.82) is 0 Å². The van der Waals surface area contributed by atoms with E-state index in [1.54, 1.807) is 30.3 Å². The topological polar surface area (TPSA) is 121 Å². The fraction of sp³-hybridized carbons (Fsp3) is 0.250. The first-order valence-corrected chi connectivity index (χ1v) is 8.59. The summed E-state index contributed by atoms with van der Waals surface area (Å²) in [6.07, 6.45) is 0.0125. The Morgan fingerprint density at radius 2 is 1.88 bits per heavy atom. The van der Waals surface area contributed by atoms with Gasteiger partial charge in [0, 0.05) is 5.57 Å². The van der Waals surface area contributed by atoms with Crippen LogP contribution >= 0.6 is 0 Å². The highest BCUT2D eigenvalue weighted by Gasteiger charge is 2.59. The lowest BCUT2D eigenvalue weighted by Gasteiger charge is -2.48. The summed E-state index contributed by atoms with van der Waals surface area (Å²) in [6.45, 7) is 1.22. The summed E-state index contributed by atoms with van der Waals surface area (Å²) in [6, 6.07) is 7.63. The molecular weight excluding hydrogens is 348 g/mol. The van der Waals surface area contributed by atoms with Gasteiger partial charge in [-0.05, 0) is 12.5 Å². The molecule has 9 heteroatoms. The van der Waals surface area contributed by atoms with Crippen molar-refractivity contribution in [1.82, 2.24) is 10.2 Å². The maximum absolute atomic E-state index is 12.3. The van der Waals surface area contributed by atoms with Crippen LogP contribution in [0.25, 0.3) is 0 Å². The van der Waals surface area contributed by atoms with Crippen LogP contribution in [0, 0.1) is 0 Å². The second kappa shape index (κ2) is 6.25. The molecule has 0 spiro atoms. The van der Waals surface area contributed by atoms with Crippen molar-refractivity contribution in [3.05, 3.63) is 47.2 Å². The minimum Gasteiger partial charge on any atom is -0.477 e. The smallest absolute Gasteiger partial charge is 0.353 e. The van der Waals surface area contributed by atoms with Gasteiger partial charge in [-0.2, -0.15) is 0 Å². The van der Waals surface area contributed by atoms with Gasteiger partial charge >= 0.3 is 5.97 Å². The summed E-state index contributed by atoms with van der Waals surface area (Å²) in [5, 5.41) is 9.65. The van der Waals surface area contributed by atoms with E-state index >= 15 is 0 Å². The van der Waals surface area contributed by atoms with E-state index < -0.39 is 50.8 Å². The summed E-state index contributed by atoms with van der Waals surface area (Å²) < 4.78 is 12.3. The number of hydrogen-bond acceptors (Lipinski definition) is 5. The van der Waals surface area contributed by atoms with Crippen molar-refractivity contribution < 1.29 is 28.5 Å². The minimum absolute atomic E-state index is 0.0125. The maximum atomic E-state index is 12.3. The van der Waals surface area contributed by atoms with Crippen LogP contribution in [-0.2, 0) is 36.4 Å². The van der Waals surface area contributed by atoms with Gasteiger partial charge in [0.15, 0.2) is 0 Å². The number of rotatable bonds is 4. The Labute approximate surface area is 145 Å². The zero-order valence-corrected chi connectivity index (χ0v) is 13.9. The molecule has 1 aromatic carbocycles. The Hall–Kier alpha value is -2.81. The van der Waals surface area contributed by atoms with E-state index in [9.17, 15) is 28.5 Å². The monoisotopic (exact) mass is 362 g/mol. The number of carboxylic acid groups (broad SMARTS) is 1. The summed E-state index contributed by atoms with van der Waals surface area (Å²) in [7, 11) is -2.12. The minimum atomic E-state index is -2.12. The van der Waals surface area contributed by atoms with E-state index in [0.717, 1.165) is 10.5 Å². The van der Waals surface area contributed by atoms with Gasteiger partial charge in [0.2, 0.25) is 11.0 Å². The molecule has 130 valence electrons. The van der Waals surface area contributed by atoms with Gasteiger partial charge in [-0.1, -0.05) is 30.3 Å².